The summed E-state index contributed by atoms with van der Waals surface area (Å²) in [5.74, 6) is 0. The Morgan fingerprint density at radius 2 is 2.21 bits per heavy atom. The molecule has 0 aromatic carbocycles. The highest BCUT2D eigenvalue weighted by atomic mass is 15.1. The fraction of sp³-hybridized carbons (Fsp3) is 0.545. The Morgan fingerprint density at radius 1 is 1.43 bits per heavy atom. The topological polar surface area (TPSA) is 42.2 Å². The van der Waals surface area contributed by atoms with Crippen LogP contribution in [-0.4, -0.2) is 18.1 Å². The highest BCUT2D eigenvalue weighted by molar-refractivity contribution is 5.51. The van der Waals surface area contributed by atoms with Crippen molar-refractivity contribution in [2.24, 2.45) is 5.73 Å². The van der Waals surface area contributed by atoms with Crippen molar-refractivity contribution in [3.05, 3.63) is 24.0 Å². The minimum Gasteiger partial charge on any atom is -0.371 e. The number of nitrogens with zero attached hydrogens (tertiary/aromatic N) is 2. The third-order valence-corrected chi connectivity index (χ3v) is 2.31. The largest absolute Gasteiger partial charge is 0.371 e. The third-order valence-electron chi connectivity index (χ3n) is 2.31. The van der Waals surface area contributed by atoms with Crippen molar-refractivity contribution in [1.29, 1.82) is 0 Å². The predicted molar refractivity (Wildman–Crippen MR) is 60.3 cm³/mol. The van der Waals surface area contributed by atoms with Gasteiger partial charge in [-0.15, -0.1) is 0 Å². The number of aromatic nitrogens is 1. The first-order chi connectivity index (χ1) is 6.83. The summed E-state index contributed by atoms with van der Waals surface area (Å²) in [6.45, 7) is 7.00. The highest BCUT2D eigenvalue weighted by Crippen LogP contribution is 2.18. The van der Waals surface area contributed by atoms with Gasteiger partial charge in [0.05, 0.1) is 0 Å². The standard InChI is InChI=1S/C11H19N3/c1-3-7-14(4-2)11-5-6-13-9-10(11)8-12/h5-6,9H,3-4,7-8,12H2,1-2H3. The van der Waals surface area contributed by atoms with E-state index in [0.29, 0.717) is 6.54 Å². The van der Waals surface area contributed by atoms with E-state index in [1.54, 1.807) is 0 Å². The van der Waals surface area contributed by atoms with Crippen LogP contribution in [0, 0.1) is 0 Å². The van der Waals surface area contributed by atoms with Gasteiger partial charge in [0, 0.05) is 43.3 Å². The van der Waals surface area contributed by atoms with Gasteiger partial charge < -0.3 is 10.6 Å². The monoisotopic (exact) mass is 193 g/mol. The number of hydrogen-bond donors (Lipinski definition) is 1. The summed E-state index contributed by atoms with van der Waals surface area (Å²) < 4.78 is 0. The molecular formula is C11H19N3. The summed E-state index contributed by atoms with van der Waals surface area (Å²) in [5.41, 5.74) is 8.03. The molecule has 1 aromatic rings. The van der Waals surface area contributed by atoms with Gasteiger partial charge in [0.25, 0.3) is 0 Å². The molecule has 0 atom stereocenters. The number of hydrogen-bond acceptors (Lipinski definition) is 3. The van der Waals surface area contributed by atoms with Crippen LogP contribution >= 0.6 is 0 Å². The highest BCUT2D eigenvalue weighted by Gasteiger charge is 2.06. The number of rotatable bonds is 5. The zero-order valence-electron chi connectivity index (χ0n) is 9.03. The van der Waals surface area contributed by atoms with Gasteiger partial charge in [-0.1, -0.05) is 6.92 Å². The van der Waals surface area contributed by atoms with Gasteiger partial charge in [-0.3, -0.25) is 4.98 Å². The van der Waals surface area contributed by atoms with Crippen molar-refractivity contribution < 1.29 is 0 Å². The van der Waals surface area contributed by atoms with Gasteiger partial charge >= 0.3 is 0 Å². The van der Waals surface area contributed by atoms with Crippen molar-refractivity contribution in [2.75, 3.05) is 18.0 Å². The number of nitrogens with two attached hydrogens (primary N) is 1. The molecule has 0 saturated heterocycles. The van der Waals surface area contributed by atoms with E-state index >= 15 is 0 Å². The summed E-state index contributed by atoms with van der Waals surface area (Å²) >= 11 is 0. The summed E-state index contributed by atoms with van der Waals surface area (Å²) in [5, 5.41) is 0. The molecule has 1 aromatic heterocycles. The molecule has 3 heteroatoms. The maximum Gasteiger partial charge on any atom is 0.0442 e. The first-order valence-electron chi connectivity index (χ1n) is 5.21. The lowest BCUT2D eigenvalue weighted by molar-refractivity contribution is 0.783. The quantitative estimate of drug-likeness (QED) is 0.775. The normalized spacial score (nSPS) is 10.2. The maximum atomic E-state index is 5.67. The van der Waals surface area contributed by atoms with Crippen molar-refractivity contribution in [3.8, 4) is 0 Å². The van der Waals surface area contributed by atoms with Crippen LogP contribution in [0.3, 0.4) is 0 Å². The van der Waals surface area contributed by atoms with E-state index in [0.717, 1.165) is 25.1 Å². The Bertz CT molecular complexity index is 273. The van der Waals surface area contributed by atoms with Gasteiger partial charge in [0.15, 0.2) is 0 Å². The Balaban J connectivity index is 2.90. The molecular weight excluding hydrogens is 174 g/mol. The van der Waals surface area contributed by atoms with E-state index in [4.69, 9.17) is 5.73 Å². The summed E-state index contributed by atoms with van der Waals surface area (Å²) in [4.78, 5) is 6.42. The average Bonchev–Trinajstić information content (AvgIpc) is 2.26. The molecule has 0 amide bonds. The van der Waals surface area contributed by atoms with E-state index in [1.807, 2.05) is 18.5 Å². The van der Waals surface area contributed by atoms with Crippen LogP contribution in [0.5, 0.6) is 0 Å². The van der Waals surface area contributed by atoms with Crippen LogP contribution in [0.4, 0.5) is 5.69 Å². The van der Waals surface area contributed by atoms with Crippen LogP contribution in [-0.2, 0) is 6.54 Å². The molecule has 0 saturated carbocycles. The van der Waals surface area contributed by atoms with Crippen LogP contribution in [0.15, 0.2) is 18.5 Å². The first-order valence-corrected chi connectivity index (χ1v) is 5.21. The number of pyridine rings is 1. The van der Waals surface area contributed by atoms with E-state index < -0.39 is 0 Å². The fourth-order valence-electron chi connectivity index (χ4n) is 1.60. The van der Waals surface area contributed by atoms with Gasteiger partial charge in [0.1, 0.15) is 0 Å². The van der Waals surface area contributed by atoms with Crippen molar-refractivity contribution in [2.45, 2.75) is 26.8 Å². The Kier molecular flexibility index (Phi) is 4.40. The Labute approximate surface area is 85.9 Å². The molecule has 0 aliphatic carbocycles. The lowest BCUT2D eigenvalue weighted by atomic mass is 10.2. The molecule has 0 aliphatic heterocycles. The predicted octanol–water partition coefficient (Wildman–Crippen LogP) is 1.78. The lowest BCUT2D eigenvalue weighted by Gasteiger charge is -2.24. The van der Waals surface area contributed by atoms with E-state index in [1.165, 1.54) is 5.69 Å². The minimum absolute atomic E-state index is 0.559. The molecule has 1 heterocycles. The third kappa shape index (κ3) is 2.45. The molecule has 2 N–H and O–H groups in total. The van der Waals surface area contributed by atoms with E-state index in [-0.39, 0.29) is 0 Å². The van der Waals surface area contributed by atoms with E-state index in [2.05, 4.69) is 23.7 Å². The second-order valence-electron chi connectivity index (χ2n) is 3.29. The Hall–Kier alpha value is -1.09. The smallest absolute Gasteiger partial charge is 0.0442 e. The second kappa shape index (κ2) is 5.60. The lowest BCUT2D eigenvalue weighted by Crippen LogP contribution is -2.25. The Morgan fingerprint density at radius 3 is 2.79 bits per heavy atom. The zero-order chi connectivity index (χ0) is 10.4. The van der Waals surface area contributed by atoms with Gasteiger partial charge in [-0.05, 0) is 19.4 Å². The molecule has 0 unspecified atom stereocenters. The second-order valence-corrected chi connectivity index (χ2v) is 3.29. The fourth-order valence-corrected chi connectivity index (χ4v) is 1.60. The van der Waals surface area contributed by atoms with Crippen LogP contribution in [0.25, 0.3) is 0 Å². The summed E-state index contributed by atoms with van der Waals surface area (Å²) in [6, 6.07) is 2.04. The van der Waals surface area contributed by atoms with Crippen LogP contribution in [0.2, 0.25) is 0 Å². The molecule has 78 valence electrons. The van der Waals surface area contributed by atoms with Crippen LogP contribution in [0.1, 0.15) is 25.8 Å². The summed E-state index contributed by atoms with van der Waals surface area (Å²) in [7, 11) is 0. The maximum absolute atomic E-state index is 5.67. The van der Waals surface area contributed by atoms with Gasteiger partial charge in [-0.25, -0.2) is 0 Å². The minimum atomic E-state index is 0.559. The SMILES string of the molecule is CCCN(CC)c1ccncc1CN. The van der Waals surface area contributed by atoms with Crippen molar-refractivity contribution in [3.63, 3.8) is 0 Å². The molecule has 14 heavy (non-hydrogen) atoms. The molecule has 0 aliphatic rings. The first kappa shape index (κ1) is 11.0. The summed E-state index contributed by atoms with van der Waals surface area (Å²) in [6.07, 6.45) is 4.83. The van der Waals surface area contributed by atoms with Crippen LogP contribution < -0.4 is 10.6 Å². The zero-order valence-corrected chi connectivity index (χ0v) is 9.03. The van der Waals surface area contributed by atoms with Gasteiger partial charge in [-0.2, -0.15) is 0 Å². The van der Waals surface area contributed by atoms with Gasteiger partial charge in [0.2, 0.25) is 0 Å². The molecule has 0 spiro atoms. The average molecular weight is 193 g/mol. The van der Waals surface area contributed by atoms with Crippen molar-refractivity contribution >= 4 is 5.69 Å². The molecule has 0 bridgehead atoms. The van der Waals surface area contributed by atoms with E-state index in [9.17, 15) is 0 Å². The molecule has 1 rings (SSSR count). The molecule has 0 radical (unpaired) electrons. The number of anilines is 1. The van der Waals surface area contributed by atoms with Crippen molar-refractivity contribution in [1.82, 2.24) is 4.98 Å². The molecule has 0 fully saturated rings. The molecule has 3 nitrogen and oxygen atoms in total.